The Balaban J connectivity index is 3.24. The molecule has 0 aliphatic heterocycles. The molecular weight excluding hydrogens is 204 g/mol. The van der Waals surface area contributed by atoms with Crippen molar-refractivity contribution in [3.8, 4) is 17.6 Å². The minimum Gasteiger partial charge on any atom is -0.495 e. The van der Waals surface area contributed by atoms with Crippen LogP contribution in [0.25, 0.3) is 0 Å². The van der Waals surface area contributed by atoms with E-state index in [0.717, 1.165) is 0 Å². The number of methoxy groups -OCH3 is 1. The number of allylic oxidation sites excluding steroid dienone is 1. The summed E-state index contributed by atoms with van der Waals surface area (Å²) < 4.78 is 5.09. The lowest BCUT2D eigenvalue weighted by Gasteiger charge is -2.03. The van der Waals surface area contributed by atoms with E-state index in [4.69, 9.17) is 9.84 Å². The summed E-state index contributed by atoms with van der Waals surface area (Å²) in [7, 11) is 1.52. The summed E-state index contributed by atoms with van der Waals surface area (Å²) in [6.07, 6.45) is 0. The summed E-state index contributed by atoms with van der Waals surface area (Å²) in [6.45, 7) is 5.43. The standard InChI is InChI=1S/C13H12O3/c1-9(2)4-5-10-8-11(13(14)15)6-7-12(10)16-3/h6-8H,1H2,2-3H3,(H,14,15). The normalized spacial score (nSPS) is 8.88. The van der Waals surface area contributed by atoms with Crippen LogP contribution in [-0.2, 0) is 0 Å². The number of ether oxygens (including phenoxy) is 1. The van der Waals surface area contributed by atoms with Crippen LogP contribution in [0, 0.1) is 11.8 Å². The topological polar surface area (TPSA) is 46.5 Å². The third kappa shape index (κ3) is 2.89. The molecular formula is C13H12O3. The first-order valence-electron chi connectivity index (χ1n) is 4.63. The third-order valence-corrected chi connectivity index (χ3v) is 1.86. The molecule has 0 atom stereocenters. The number of hydrogen-bond acceptors (Lipinski definition) is 2. The SMILES string of the molecule is C=C(C)C#Cc1cc(C(=O)O)ccc1OC. The van der Waals surface area contributed by atoms with Gasteiger partial charge < -0.3 is 9.84 Å². The smallest absolute Gasteiger partial charge is 0.335 e. The molecule has 0 heterocycles. The van der Waals surface area contributed by atoms with Crippen LogP contribution in [-0.4, -0.2) is 18.2 Å². The Morgan fingerprint density at radius 2 is 2.19 bits per heavy atom. The quantitative estimate of drug-likeness (QED) is 0.772. The van der Waals surface area contributed by atoms with Gasteiger partial charge in [-0.15, -0.1) is 0 Å². The number of carbonyl (C=O) groups is 1. The van der Waals surface area contributed by atoms with Gasteiger partial charge in [-0.05, 0) is 30.7 Å². The molecule has 0 unspecified atom stereocenters. The summed E-state index contributed by atoms with van der Waals surface area (Å²) in [5.41, 5.74) is 1.44. The van der Waals surface area contributed by atoms with Crippen LogP contribution < -0.4 is 4.74 Å². The minimum atomic E-state index is -0.985. The molecule has 0 aliphatic rings. The van der Waals surface area contributed by atoms with Gasteiger partial charge >= 0.3 is 5.97 Å². The fourth-order valence-corrected chi connectivity index (χ4v) is 1.11. The summed E-state index contributed by atoms with van der Waals surface area (Å²) in [5, 5.41) is 8.84. The average Bonchev–Trinajstić information content (AvgIpc) is 2.25. The lowest BCUT2D eigenvalue weighted by molar-refractivity contribution is 0.0697. The van der Waals surface area contributed by atoms with Gasteiger partial charge in [-0.1, -0.05) is 18.4 Å². The largest absolute Gasteiger partial charge is 0.495 e. The molecule has 16 heavy (non-hydrogen) atoms. The zero-order valence-electron chi connectivity index (χ0n) is 9.20. The maximum atomic E-state index is 10.8. The van der Waals surface area contributed by atoms with Crippen molar-refractivity contribution < 1.29 is 14.6 Å². The van der Waals surface area contributed by atoms with E-state index in [1.807, 2.05) is 0 Å². The number of hydrogen-bond donors (Lipinski definition) is 1. The van der Waals surface area contributed by atoms with Gasteiger partial charge in [0, 0.05) is 0 Å². The van der Waals surface area contributed by atoms with Crippen molar-refractivity contribution in [2.75, 3.05) is 7.11 Å². The number of aromatic carboxylic acids is 1. The Morgan fingerprint density at radius 1 is 1.50 bits per heavy atom. The third-order valence-electron chi connectivity index (χ3n) is 1.86. The second-order valence-corrected chi connectivity index (χ2v) is 3.25. The van der Waals surface area contributed by atoms with E-state index in [0.29, 0.717) is 16.9 Å². The highest BCUT2D eigenvalue weighted by molar-refractivity contribution is 5.88. The molecule has 0 radical (unpaired) electrons. The molecule has 0 fully saturated rings. The zero-order chi connectivity index (χ0) is 12.1. The fraction of sp³-hybridized carbons (Fsp3) is 0.154. The molecule has 1 aromatic carbocycles. The first-order valence-corrected chi connectivity index (χ1v) is 4.63. The molecule has 1 N–H and O–H groups in total. The van der Waals surface area contributed by atoms with Crippen LogP contribution in [0.15, 0.2) is 30.4 Å². The van der Waals surface area contributed by atoms with Crippen molar-refractivity contribution >= 4 is 5.97 Å². The lowest BCUT2D eigenvalue weighted by atomic mass is 10.1. The molecule has 0 bridgehead atoms. The number of benzene rings is 1. The maximum absolute atomic E-state index is 10.8. The monoisotopic (exact) mass is 216 g/mol. The van der Waals surface area contributed by atoms with Crippen molar-refractivity contribution in [1.29, 1.82) is 0 Å². The Bertz CT molecular complexity index is 490. The van der Waals surface area contributed by atoms with E-state index in [2.05, 4.69) is 18.4 Å². The van der Waals surface area contributed by atoms with Gasteiger partial charge in [-0.2, -0.15) is 0 Å². The van der Waals surface area contributed by atoms with Crippen LogP contribution >= 0.6 is 0 Å². The molecule has 0 spiro atoms. The van der Waals surface area contributed by atoms with Crippen LogP contribution in [0.1, 0.15) is 22.8 Å². The highest BCUT2D eigenvalue weighted by Crippen LogP contribution is 2.18. The van der Waals surface area contributed by atoms with Gasteiger partial charge in [0.15, 0.2) is 0 Å². The number of rotatable bonds is 2. The maximum Gasteiger partial charge on any atom is 0.335 e. The van der Waals surface area contributed by atoms with E-state index in [1.165, 1.54) is 19.2 Å². The highest BCUT2D eigenvalue weighted by Gasteiger charge is 2.06. The van der Waals surface area contributed by atoms with Crippen LogP contribution in [0.2, 0.25) is 0 Å². The Morgan fingerprint density at radius 3 is 2.69 bits per heavy atom. The van der Waals surface area contributed by atoms with E-state index in [-0.39, 0.29) is 5.56 Å². The highest BCUT2D eigenvalue weighted by atomic mass is 16.5. The van der Waals surface area contributed by atoms with Gasteiger partial charge in [-0.3, -0.25) is 0 Å². The molecule has 0 aromatic heterocycles. The van der Waals surface area contributed by atoms with Crippen molar-refractivity contribution in [2.45, 2.75) is 6.92 Å². The van der Waals surface area contributed by atoms with Gasteiger partial charge in [0.2, 0.25) is 0 Å². The van der Waals surface area contributed by atoms with Crippen molar-refractivity contribution in [2.24, 2.45) is 0 Å². The molecule has 0 saturated carbocycles. The van der Waals surface area contributed by atoms with Gasteiger partial charge in [0.25, 0.3) is 0 Å². The minimum absolute atomic E-state index is 0.187. The predicted octanol–water partition coefficient (Wildman–Crippen LogP) is 2.32. The summed E-state index contributed by atoms with van der Waals surface area (Å²) >= 11 is 0. The molecule has 1 rings (SSSR count). The summed E-state index contributed by atoms with van der Waals surface area (Å²) in [5.74, 6) is 5.18. The average molecular weight is 216 g/mol. The molecule has 0 saturated heterocycles. The summed E-state index contributed by atoms with van der Waals surface area (Å²) in [6, 6.07) is 4.55. The van der Waals surface area contributed by atoms with E-state index in [1.54, 1.807) is 13.0 Å². The Labute approximate surface area is 94.4 Å². The second-order valence-electron chi connectivity index (χ2n) is 3.25. The van der Waals surface area contributed by atoms with E-state index in [9.17, 15) is 4.79 Å². The zero-order valence-corrected chi connectivity index (χ0v) is 9.20. The van der Waals surface area contributed by atoms with Gasteiger partial charge in [0.05, 0.1) is 18.2 Å². The Kier molecular flexibility index (Phi) is 3.73. The van der Waals surface area contributed by atoms with Crippen LogP contribution in [0.4, 0.5) is 0 Å². The summed E-state index contributed by atoms with van der Waals surface area (Å²) in [4.78, 5) is 10.8. The Hall–Kier alpha value is -2.21. The molecule has 3 nitrogen and oxygen atoms in total. The lowest BCUT2D eigenvalue weighted by Crippen LogP contribution is -1.98. The molecule has 82 valence electrons. The first kappa shape index (κ1) is 11.9. The van der Waals surface area contributed by atoms with Crippen molar-refractivity contribution in [3.05, 3.63) is 41.5 Å². The van der Waals surface area contributed by atoms with E-state index < -0.39 is 5.97 Å². The van der Waals surface area contributed by atoms with Crippen molar-refractivity contribution in [1.82, 2.24) is 0 Å². The fourth-order valence-electron chi connectivity index (χ4n) is 1.11. The molecule has 0 aliphatic carbocycles. The second kappa shape index (κ2) is 5.04. The van der Waals surface area contributed by atoms with Crippen LogP contribution in [0.5, 0.6) is 5.75 Å². The molecule has 1 aromatic rings. The van der Waals surface area contributed by atoms with Gasteiger partial charge in [0.1, 0.15) is 5.75 Å². The molecule has 3 heteroatoms. The first-order chi connectivity index (χ1) is 7.54. The number of carboxylic acids is 1. The molecule has 0 amide bonds. The van der Waals surface area contributed by atoms with Gasteiger partial charge in [-0.25, -0.2) is 4.79 Å². The van der Waals surface area contributed by atoms with Crippen molar-refractivity contribution in [3.63, 3.8) is 0 Å². The predicted molar refractivity (Wildman–Crippen MR) is 61.6 cm³/mol. The van der Waals surface area contributed by atoms with Crippen LogP contribution in [0.3, 0.4) is 0 Å². The van der Waals surface area contributed by atoms with E-state index >= 15 is 0 Å². The number of carboxylic acid groups (broad SMARTS) is 1.